The SMILES string of the molecule is Cc1cccc(NCCCCO)c1. The van der Waals surface area contributed by atoms with E-state index < -0.39 is 0 Å². The number of anilines is 1. The van der Waals surface area contributed by atoms with E-state index in [4.69, 9.17) is 5.11 Å². The number of nitrogens with one attached hydrogen (secondary N) is 1. The lowest BCUT2D eigenvalue weighted by Gasteiger charge is -2.05. The van der Waals surface area contributed by atoms with Gasteiger partial charge in [0.2, 0.25) is 0 Å². The van der Waals surface area contributed by atoms with Gasteiger partial charge in [-0.3, -0.25) is 0 Å². The molecular weight excluding hydrogens is 162 g/mol. The van der Waals surface area contributed by atoms with Gasteiger partial charge >= 0.3 is 0 Å². The third-order valence-corrected chi connectivity index (χ3v) is 1.93. The highest BCUT2D eigenvalue weighted by Crippen LogP contribution is 2.09. The van der Waals surface area contributed by atoms with Gasteiger partial charge in [0.25, 0.3) is 0 Å². The summed E-state index contributed by atoms with van der Waals surface area (Å²) in [4.78, 5) is 0. The molecule has 0 aliphatic rings. The largest absolute Gasteiger partial charge is 0.396 e. The van der Waals surface area contributed by atoms with Gasteiger partial charge in [0, 0.05) is 18.8 Å². The van der Waals surface area contributed by atoms with Crippen LogP contribution in [-0.2, 0) is 0 Å². The molecule has 0 heterocycles. The molecule has 2 heteroatoms. The van der Waals surface area contributed by atoms with E-state index in [1.54, 1.807) is 0 Å². The molecule has 13 heavy (non-hydrogen) atoms. The van der Waals surface area contributed by atoms with E-state index in [-0.39, 0.29) is 6.61 Å². The minimum absolute atomic E-state index is 0.287. The van der Waals surface area contributed by atoms with Gasteiger partial charge in [-0.05, 0) is 37.5 Å². The zero-order chi connectivity index (χ0) is 9.52. The summed E-state index contributed by atoms with van der Waals surface area (Å²) < 4.78 is 0. The molecule has 0 radical (unpaired) electrons. The lowest BCUT2D eigenvalue weighted by Crippen LogP contribution is -2.02. The summed E-state index contributed by atoms with van der Waals surface area (Å²) in [5, 5.41) is 11.9. The van der Waals surface area contributed by atoms with E-state index in [9.17, 15) is 0 Å². The third-order valence-electron chi connectivity index (χ3n) is 1.93. The normalized spacial score (nSPS) is 10.0. The fourth-order valence-corrected chi connectivity index (χ4v) is 1.22. The van der Waals surface area contributed by atoms with Crippen molar-refractivity contribution in [3.05, 3.63) is 29.8 Å². The van der Waals surface area contributed by atoms with Crippen LogP contribution in [0.25, 0.3) is 0 Å². The first-order valence-corrected chi connectivity index (χ1v) is 4.74. The minimum Gasteiger partial charge on any atom is -0.396 e. The Morgan fingerprint density at radius 1 is 1.31 bits per heavy atom. The molecule has 0 aliphatic carbocycles. The van der Waals surface area contributed by atoms with Crippen LogP contribution in [0.1, 0.15) is 18.4 Å². The van der Waals surface area contributed by atoms with Crippen LogP contribution in [0.3, 0.4) is 0 Å². The number of unbranched alkanes of at least 4 members (excludes halogenated alkanes) is 1. The van der Waals surface area contributed by atoms with Crippen molar-refractivity contribution in [3.63, 3.8) is 0 Å². The molecule has 72 valence electrons. The predicted octanol–water partition coefficient (Wildman–Crippen LogP) is 2.18. The molecule has 0 saturated carbocycles. The monoisotopic (exact) mass is 179 g/mol. The average Bonchev–Trinajstić information content (AvgIpc) is 2.13. The van der Waals surface area contributed by atoms with E-state index in [0.29, 0.717) is 0 Å². The van der Waals surface area contributed by atoms with Crippen LogP contribution < -0.4 is 5.32 Å². The van der Waals surface area contributed by atoms with Crippen LogP contribution in [0.15, 0.2) is 24.3 Å². The zero-order valence-electron chi connectivity index (χ0n) is 8.09. The average molecular weight is 179 g/mol. The Kier molecular flexibility index (Phi) is 4.33. The van der Waals surface area contributed by atoms with Crippen LogP contribution >= 0.6 is 0 Å². The Morgan fingerprint density at radius 3 is 2.85 bits per heavy atom. The fraction of sp³-hybridized carbons (Fsp3) is 0.455. The molecule has 0 aliphatic heterocycles. The highest BCUT2D eigenvalue weighted by molar-refractivity contribution is 5.45. The molecule has 1 rings (SSSR count). The lowest BCUT2D eigenvalue weighted by atomic mass is 10.2. The number of benzene rings is 1. The van der Waals surface area contributed by atoms with Gasteiger partial charge in [-0.1, -0.05) is 12.1 Å². The standard InChI is InChI=1S/C11H17NO/c1-10-5-4-6-11(9-10)12-7-2-3-8-13/h4-6,9,12-13H,2-3,7-8H2,1H3. The lowest BCUT2D eigenvalue weighted by molar-refractivity contribution is 0.286. The van der Waals surface area contributed by atoms with Gasteiger partial charge < -0.3 is 10.4 Å². The zero-order valence-corrected chi connectivity index (χ0v) is 8.09. The molecule has 0 bridgehead atoms. The van der Waals surface area contributed by atoms with Gasteiger partial charge in [0.1, 0.15) is 0 Å². The second-order valence-electron chi connectivity index (χ2n) is 3.23. The summed E-state index contributed by atoms with van der Waals surface area (Å²) >= 11 is 0. The molecule has 2 nitrogen and oxygen atoms in total. The van der Waals surface area contributed by atoms with Gasteiger partial charge in [0.05, 0.1) is 0 Å². The van der Waals surface area contributed by atoms with Crippen molar-refractivity contribution >= 4 is 5.69 Å². The number of hydrogen-bond donors (Lipinski definition) is 2. The number of aliphatic hydroxyl groups is 1. The first-order valence-electron chi connectivity index (χ1n) is 4.74. The smallest absolute Gasteiger partial charge is 0.0431 e. The summed E-state index contributed by atoms with van der Waals surface area (Å²) in [6.45, 7) is 3.30. The van der Waals surface area contributed by atoms with E-state index in [1.165, 1.54) is 5.56 Å². The molecule has 0 fully saturated rings. The Morgan fingerprint density at radius 2 is 2.15 bits per heavy atom. The Balaban J connectivity index is 2.28. The summed E-state index contributed by atoms with van der Waals surface area (Å²) in [5.41, 5.74) is 2.44. The molecule has 1 aromatic carbocycles. The third kappa shape index (κ3) is 3.95. The molecule has 1 aromatic rings. The van der Waals surface area contributed by atoms with Gasteiger partial charge in [0.15, 0.2) is 0 Å². The quantitative estimate of drug-likeness (QED) is 0.679. The maximum atomic E-state index is 8.58. The van der Waals surface area contributed by atoms with Crippen LogP contribution in [0.4, 0.5) is 5.69 Å². The van der Waals surface area contributed by atoms with Gasteiger partial charge in [-0.2, -0.15) is 0 Å². The predicted molar refractivity (Wildman–Crippen MR) is 56.0 cm³/mol. The summed E-state index contributed by atoms with van der Waals surface area (Å²) in [7, 11) is 0. The maximum Gasteiger partial charge on any atom is 0.0431 e. The fourth-order valence-electron chi connectivity index (χ4n) is 1.22. The van der Waals surface area contributed by atoms with Crippen molar-refractivity contribution in [1.29, 1.82) is 0 Å². The van der Waals surface area contributed by atoms with Crippen LogP contribution in [0, 0.1) is 6.92 Å². The van der Waals surface area contributed by atoms with E-state index in [1.807, 2.05) is 6.07 Å². The second kappa shape index (κ2) is 5.60. The van der Waals surface area contributed by atoms with Crippen molar-refractivity contribution in [2.45, 2.75) is 19.8 Å². The molecular formula is C11H17NO. The molecule has 0 unspecified atom stereocenters. The molecule has 0 aromatic heterocycles. The summed E-state index contributed by atoms with van der Waals surface area (Å²) in [6.07, 6.45) is 1.89. The molecule has 0 atom stereocenters. The Bertz CT molecular complexity index is 248. The van der Waals surface area contributed by atoms with Crippen LogP contribution in [0.5, 0.6) is 0 Å². The van der Waals surface area contributed by atoms with Crippen molar-refractivity contribution in [2.75, 3.05) is 18.5 Å². The summed E-state index contributed by atoms with van der Waals surface area (Å²) in [5.74, 6) is 0. The molecule has 0 amide bonds. The van der Waals surface area contributed by atoms with Crippen LogP contribution in [-0.4, -0.2) is 18.3 Å². The number of hydrogen-bond acceptors (Lipinski definition) is 2. The van der Waals surface area contributed by atoms with Crippen molar-refractivity contribution in [3.8, 4) is 0 Å². The van der Waals surface area contributed by atoms with Gasteiger partial charge in [-0.25, -0.2) is 0 Å². The van der Waals surface area contributed by atoms with Crippen molar-refractivity contribution < 1.29 is 5.11 Å². The van der Waals surface area contributed by atoms with E-state index in [2.05, 4.69) is 30.4 Å². The van der Waals surface area contributed by atoms with Crippen molar-refractivity contribution in [1.82, 2.24) is 0 Å². The number of aryl methyl sites for hydroxylation is 1. The molecule has 2 N–H and O–H groups in total. The van der Waals surface area contributed by atoms with Gasteiger partial charge in [-0.15, -0.1) is 0 Å². The summed E-state index contributed by atoms with van der Waals surface area (Å²) in [6, 6.07) is 8.31. The molecule has 0 saturated heterocycles. The first-order chi connectivity index (χ1) is 6.33. The first kappa shape index (κ1) is 10.1. The number of rotatable bonds is 5. The second-order valence-corrected chi connectivity index (χ2v) is 3.23. The van der Waals surface area contributed by atoms with E-state index in [0.717, 1.165) is 25.1 Å². The number of aliphatic hydroxyl groups excluding tert-OH is 1. The highest BCUT2D eigenvalue weighted by Gasteiger charge is 1.91. The van der Waals surface area contributed by atoms with E-state index >= 15 is 0 Å². The topological polar surface area (TPSA) is 32.3 Å². The van der Waals surface area contributed by atoms with Crippen molar-refractivity contribution in [2.24, 2.45) is 0 Å². The van der Waals surface area contributed by atoms with Crippen LogP contribution in [0.2, 0.25) is 0 Å². The highest BCUT2D eigenvalue weighted by atomic mass is 16.2. The maximum absolute atomic E-state index is 8.58. The molecule has 0 spiro atoms. The Labute approximate surface area is 79.6 Å². The minimum atomic E-state index is 0.287. The Hall–Kier alpha value is -1.02.